The molecule has 3 aliphatic rings. The highest BCUT2D eigenvalue weighted by atomic mass is 19.1. The number of hydrogen-bond acceptors (Lipinski definition) is 4. The molecule has 7 heteroatoms. The number of nitrogens with one attached hydrogen (secondary N) is 2. The number of carbonyl (C=O) groups is 2. The summed E-state index contributed by atoms with van der Waals surface area (Å²) in [5, 5.41) is 16.4. The molecule has 0 radical (unpaired) electrons. The molecule has 0 unspecified atom stereocenters. The van der Waals surface area contributed by atoms with Gasteiger partial charge in [0.25, 0.3) is 5.91 Å². The highest BCUT2D eigenvalue weighted by molar-refractivity contribution is 5.78. The lowest BCUT2D eigenvalue weighted by atomic mass is 9.60. The van der Waals surface area contributed by atoms with E-state index < -0.39 is 11.6 Å². The Morgan fingerprint density at radius 1 is 1.20 bits per heavy atom. The molecule has 4 rings (SSSR count). The Morgan fingerprint density at radius 3 is 2.40 bits per heavy atom. The van der Waals surface area contributed by atoms with Crippen molar-refractivity contribution in [3.05, 3.63) is 30.1 Å². The van der Waals surface area contributed by atoms with E-state index in [9.17, 15) is 19.1 Å². The van der Waals surface area contributed by atoms with Crippen molar-refractivity contribution in [2.45, 2.75) is 56.2 Å². The number of ether oxygens (including phenoxy) is 1. The van der Waals surface area contributed by atoms with Crippen LogP contribution < -0.4 is 15.4 Å². The maximum absolute atomic E-state index is 12.9. The maximum atomic E-state index is 12.9. The second kappa shape index (κ2) is 6.63. The zero-order valence-electron chi connectivity index (χ0n) is 14.2. The first-order chi connectivity index (χ1) is 11.8. The number of amides is 2. The molecule has 0 spiro atoms. The Morgan fingerprint density at radius 2 is 1.84 bits per heavy atom. The molecule has 0 heterocycles. The monoisotopic (exact) mass is 350 g/mol. The number of fused-ring (bicyclic) bond motifs is 3. The fraction of sp³-hybridized carbons (Fsp3) is 0.556. The average molecular weight is 350 g/mol. The maximum Gasteiger partial charge on any atom is 0.258 e. The second-order valence-electron chi connectivity index (χ2n) is 7.13. The van der Waals surface area contributed by atoms with E-state index in [1.165, 1.54) is 31.2 Å². The SMILES string of the molecule is CC(=O)NC12CCC(NC(=O)COc3ccc(F)cc3)(CC1)[C@@H](O)C2. The molecule has 1 aromatic carbocycles. The van der Waals surface area contributed by atoms with Gasteiger partial charge in [0.2, 0.25) is 5.91 Å². The van der Waals surface area contributed by atoms with E-state index in [-0.39, 0.29) is 29.8 Å². The highest BCUT2D eigenvalue weighted by Gasteiger charge is 2.55. The average Bonchev–Trinajstić information content (AvgIpc) is 2.55. The fourth-order valence-corrected chi connectivity index (χ4v) is 4.03. The van der Waals surface area contributed by atoms with E-state index in [0.29, 0.717) is 25.0 Å². The van der Waals surface area contributed by atoms with Gasteiger partial charge in [0.05, 0.1) is 11.6 Å². The van der Waals surface area contributed by atoms with Crippen molar-refractivity contribution >= 4 is 11.8 Å². The van der Waals surface area contributed by atoms with Gasteiger partial charge in [0.1, 0.15) is 11.6 Å². The number of halogens is 1. The van der Waals surface area contributed by atoms with Crippen molar-refractivity contribution in [1.29, 1.82) is 0 Å². The molecule has 1 aromatic rings. The normalized spacial score (nSPS) is 30.6. The van der Waals surface area contributed by atoms with Crippen molar-refractivity contribution in [1.82, 2.24) is 10.6 Å². The van der Waals surface area contributed by atoms with Gasteiger partial charge in [-0.05, 0) is 56.4 Å². The summed E-state index contributed by atoms with van der Waals surface area (Å²) in [7, 11) is 0. The number of hydrogen-bond donors (Lipinski definition) is 3. The minimum atomic E-state index is -0.711. The lowest BCUT2D eigenvalue weighted by Gasteiger charge is -2.56. The number of carbonyl (C=O) groups excluding carboxylic acids is 2. The predicted molar refractivity (Wildman–Crippen MR) is 88.4 cm³/mol. The van der Waals surface area contributed by atoms with Gasteiger partial charge >= 0.3 is 0 Å². The first-order valence-corrected chi connectivity index (χ1v) is 8.49. The summed E-state index contributed by atoms with van der Waals surface area (Å²) in [5.74, 6) is -0.381. The largest absolute Gasteiger partial charge is 0.484 e. The number of aliphatic hydroxyl groups is 1. The van der Waals surface area contributed by atoms with Gasteiger partial charge in [-0.25, -0.2) is 4.39 Å². The third-order valence-corrected chi connectivity index (χ3v) is 5.33. The molecule has 3 N–H and O–H groups in total. The van der Waals surface area contributed by atoms with E-state index in [1.807, 2.05) is 0 Å². The molecule has 2 bridgehead atoms. The summed E-state index contributed by atoms with van der Waals surface area (Å²) < 4.78 is 18.2. The fourth-order valence-electron chi connectivity index (χ4n) is 4.03. The van der Waals surface area contributed by atoms with Crippen LogP contribution in [0.1, 0.15) is 39.0 Å². The van der Waals surface area contributed by atoms with E-state index in [4.69, 9.17) is 4.74 Å². The molecule has 1 atom stereocenters. The molecule has 2 amide bonds. The van der Waals surface area contributed by atoms with Crippen LogP contribution in [0.15, 0.2) is 24.3 Å². The summed E-state index contributed by atoms with van der Waals surface area (Å²) in [6.45, 7) is 1.28. The molecular weight excluding hydrogens is 327 g/mol. The van der Waals surface area contributed by atoms with Crippen molar-refractivity contribution in [2.24, 2.45) is 0 Å². The van der Waals surface area contributed by atoms with Crippen molar-refractivity contribution in [3.8, 4) is 5.75 Å². The summed E-state index contributed by atoms with van der Waals surface area (Å²) in [6, 6.07) is 5.44. The number of aliphatic hydroxyl groups excluding tert-OH is 1. The van der Waals surface area contributed by atoms with Crippen LogP contribution in [0.25, 0.3) is 0 Å². The second-order valence-corrected chi connectivity index (χ2v) is 7.13. The molecule has 0 aliphatic heterocycles. The van der Waals surface area contributed by atoms with Crippen LogP contribution in [-0.2, 0) is 9.59 Å². The number of rotatable bonds is 5. The van der Waals surface area contributed by atoms with E-state index in [1.54, 1.807) is 0 Å². The predicted octanol–water partition coefficient (Wildman–Crippen LogP) is 1.27. The summed E-state index contributed by atoms with van der Waals surface area (Å²) in [6.07, 6.45) is 2.39. The van der Waals surface area contributed by atoms with Crippen LogP contribution in [-0.4, -0.2) is 40.7 Å². The van der Waals surface area contributed by atoms with Gasteiger partial charge < -0.3 is 20.5 Å². The highest BCUT2D eigenvalue weighted by Crippen LogP contribution is 2.47. The summed E-state index contributed by atoms with van der Waals surface area (Å²) >= 11 is 0. The van der Waals surface area contributed by atoms with Crippen LogP contribution in [0.5, 0.6) is 5.75 Å². The van der Waals surface area contributed by atoms with E-state index >= 15 is 0 Å². The van der Waals surface area contributed by atoms with E-state index in [2.05, 4.69) is 10.6 Å². The van der Waals surface area contributed by atoms with Gasteiger partial charge in [-0.2, -0.15) is 0 Å². The Labute approximate surface area is 145 Å². The summed E-state index contributed by atoms with van der Waals surface area (Å²) in [4.78, 5) is 23.6. The van der Waals surface area contributed by atoms with Gasteiger partial charge in [-0.1, -0.05) is 0 Å². The van der Waals surface area contributed by atoms with Gasteiger partial charge in [-0.3, -0.25) is 9.59 Å². The van der Waals surface area contributed by atoms with Crippen LogP contribution in [0.3, 0.4) is 0 Å². The number of benzene rings is 1. The van der Waals surface area contributed by atoms with Crippen molar-refractivity contribution in [3.63, 3.8) is 0 Å². The third-order valence-electron chi connectivity index (χ3n) is 5.33. The van der Waals surface area contributed by atoms with Crippen LogP contribution in [0.4, 0.5) is 4.39 Å². The third kappa shape index (κ3) is 3.76. The molecule has 6 nitrogen and oxygen atoms in total. The van der Waals surface area contributed by atoms with Crippen molar-refractivity contribution in [2.75, 3.05) is 6.61 Å². The molecule has 3 fully saturated rings. The summed E-state index contributed by atoms with van der Waals surface area (Å²) in [5.41, 5.74) is -1.02. The van der Waals surface area contributed by atoms with Gasteiger partial charge in [0.15, 0.2) is 6.61 Å². The van der Waals surface area contributed by atoms with Crippen LogP contribution >= 0.6 is 0 Å². The van der Waals surface area contributed by atoms with Crippen LogP contribution in [0.2, 0.25) is 0 Å². The standard InChI is InChI=1S/C18H23FN2O4/c1-12(22)20-17-6-8-18(9-7-17,15(23)10-17)21-16(24)11-25-14-4-2-13(19)3-5-14/h2-5,15,23H,6-11H2,1H3,(H,20,22)(H,21,24)/t15-,17?,18?/m0/s1. The Bertz CT molecular complexity index is 654. The topological polar surface area (TPSA) is 87.7 Å². The lowest BCUT2D eigenvalue weighted by molar-refractivity contribution is -0.135. The first kappa shape index (κ1) is 17.7. The smallest absolute Gasteiger partial charge is 0.258 e. The quantitative estimate of drug-likeness (QED) is 0.746. The Balaban J connectivity index is 1.56. The molecular formula is C18H23FN2O4. The first-order valence-electron chi connectivity index (χ1n) is 8.49. The Hall–Kier alpha value is -2.15. The molecule has 0 saturated heterocycles. The molecule has 25 heavy (non-hydrogen) atoms. The molecule has 0 aromatic heterocycles. The minimum absolute atomic E-state index is 0.0988. The van der Waals surface area contributed by atoms with Gasteiger partial charge in [-0.15, -0.1) is 0 Å². The lowest BCUT2D eigenvalue weighted by Crippen LogP contribution is -2.70. The molecule has 3 saturated carbocycles. The molecule has 136 valence electrons. The zero-order valence-corrected chi connectivity index (χ0v) is 14.2. The van der Waals surface area contributed by atoms with Gasteiger partial charge in [0, 0.05) is 12.5 Å². The van der Waals surface area contributed by atoms with E-state index in [0.717, 1.165) is 12.8 Å². The minimum Gasteiger partial charge on any atom is -0.484 e. The van der Waals surface area contributed by atoms with Crippen LogP contribution in [0, 0.1) is 5.82 Å². The van der Waals surface area contributed by atoms with Crippen molar-refractivity contribution < 1.29 is 23.8 Å². The Kier molecular flexibility index (Phi) is 4.69. The molecule has 3 aliphatic carbocycles. The zero-order chi connectivity index (χ0) is 18.1.